The number of aryl methyl sites for hydroxylation is 1. The molecule has 3 atom stereocenters. The largest absolute Gasteiger partial charge is 0.462 e. The van der Waals surface area contributed by atoms with E-state index in [-0.39, 0.29) is 30.8 Å². The highest BCUT2D eigenvalue weighted by atomic mass is 32.1. The van der Waals surface area contributed by atoms with E-state index in [2.05, 4.69) is 25.2 Å². The zero-order chi connectivity index (χ0) is 19.4. The van der Waals surface area contributed by atoms with E-state index < -0.39 is 0 Å². The van der Waals surface area contributed by atoms with Crippen LogP contribution in [-0.2, 0) is 27.2 Å². The topological polar surface area (TPSA) is 79.2 Å². The highest BCUT2D eigenvalue weighted by Crippen LogP contribution is 2.37. The third-order valence-electron chi connectivity index (χ3n) is 5.94. The van der Waals surface area contributed by atoms with Crippen molar-refractivity contribution in [3.05, 3.63) is 16.0 Å². The number of nitrogens with zero attached hydrogens (tertiary/aromatic N) is 1. The first-order chi connectivity index (χ1) is 13.0. The summed E-state index contributed by atoms with van der Waals surface area (Å²) >= 11 is 1.51. The maximum absolute atomic E-state index is 12.3. The molecular weight excluding hydrogens is 360 g/mol. The number of amides is 1. The van der Waals surface area contributed by atoms with Crippen molar-refractivity contribution in [1.29, 1.82) is 5.26 Å². The van der Waals surface area contributed by atoms with E-state index in [0.29, 0.717) is 22.4 Å². The fourth-order valence-corrected chi connectivity index (χ4v) is 5.28. The summed E-state index contributed by atoms with van der Waals surface area (Å²) < 4.78 is 5.55. The first-order valence-corrected chi connectivity index (χ1v) is 10.8. The normalized spacial score (nSPS) is 24.6. The molecule has 1 fully saturated rings. The molecule has 0 saturated heterocycles. The highest BCUT2D eigenvalue weighted by Gasteiger charge is 2.27. The molecule has 2 aliphatic carbocycles. The third kappa shape index (κ3) is 4.90. The number of thiophene rings is 1. The molecule has 1 aromatic rings. The number of nitrogens with one attached hydrogen (secondary N) is 1. The number of anilines is 1. The van der Waals surface area contributed by atoms with E-state index >= 15 is 0 Å². The lowest BCUT2D eigenvalue weighted by Gasteiger charge is -2.31. The zero-order valence-corrected chi connectivity index (χ0v) is 17.0. The number of hydrogen-bond donors (Lipinski definition) is 1. The summed E-state index contributed by atoms with van der Waals surface area (Å²) in [5, 5.41) is 12.9. The van der Waals surface area contributed by atoms with Crippen LogP contribution in [0.3, 0.4) is 0 Å². The Hall–Kier alpha value is -1.87. The van der Waals surface area contributed by atoms with Crippen molar-refractivity contribution in [3.8, 4) is 6.07 Å². The minimum Gasteiger partial charge on any atom is -0.462 e. The molecule has 1 N–H and O–H groups in total. The van der Waals surface area contributed by atoms with Crippen LogP contribution in [0.1, 0.15) is 74.8 Å². The minimum atomic E-state index is -0.303. The number of carbonyl (C=O) groups is 2. The Bertz CT molecular complexity index is 749. The van der Waals surface area contributed by atoms with Gasteiger partial charge in [0, 0.05) is 11.3 Å². The third-order valence-corrected chi connectivity index (χ3v) is 7.15. The van der Waals surface area contributed by atoms with Crippen LogP contribution in [0.25, 0.3) is 0 Å². The van der Waals surface area contributed by atoms with Gasteiger partial charge in [0.2, 0.25) is 5.91 Å². The molecule has 2 aliphatic rings. The SMILES string of the molecule is C[C@@H]1CC[C@H](OC(=O)CCC(=O)Nc2sc3c(c2C#N)CCCC3)C[C@@H]1C. The molecule has 1 heterocycles. The summed E-state index contributed by atoms with van der Waals surface area (Å²) in [5.41, 5.74) is 1.71. The molecule has 1 saturated carbocycles. The van der Waals surface area contributed by atoms with E-state index in [1.807, 2.05) is 0 Å². The average Bonchev–Trinajstić information content (AvgIpc) is 3.00. The zero-order valence-electron chi connectivity index (χ0n) is 16.2. The van der Waals surface area contributed by atoms with E-state index in [4.69, 9.17) is 4.74 Å². The van der Waals surface area contributed by atoms with E-state index in [1.54, 1.807) is 0 Å². The van der Waals surface area contributed by atoms with E-state index in [0.717, 1.165) is 50.5 Å². The Morgan fingerprint density at radius 1 is 1.19 bits per heavy atom. The van der Waals surface area contributed by atoms with Crippen LogP contribution in [0.4, 0.5) is 5.00 Å². The van der Waals surface area contributed by atoms with Crippen molar-refractivity contribution in [2.45, 2.75) is 77.7 Å². The van der Waals surface area contributed by atoms with Gasteiger partial charge in [-0.15, -0.1) is 11.3 Å². The van der Waals surface area contributed by atoms with E-state index in [9.17, 15) is 14.9 Å². The Labute approximate surface area is 165 Å². The molecule has 146 valence electrons. The quantitative estimate of drug-likeness (QED) is 0.749. The lowest BCUT2D eigenvalue weighted by Crippen LogP contribution is -2.29. The van der Waals surface area contributed by atoms with Crippen LogP contribution in [0.15, 0.2) is 0 Å². The van der Waals surface area contributed by atoms with Gasteiger partial charge >= 0.3 is 5.97 Å². The van der Waals surface area contributed by atoms with Crippen molar-refractivity contribution in [3.63, 3.8) is 0 Å². The van der Waals surface area contributed by atoms with Crippen molar-refractivity contribution in [1.82, 2.24) is 0 Å². The molecule has 27 heavy (non-hydrogen) atoms. The van der Waals surface area contributed by atoms with Crippen LogP contribution in [0, 0.1) is 23.2 Å². The molecule has 3 rings (SSSR count). The van der Waals surface area contributed by atoms with Crippen LogP contribution >= 0.6 is 11.3 Å². The molecule has 0 aliphatic heterocycles. The molecule has 0 spiro atoms. The predicted molar refractivity (Wildman–Crippen MR) is 106 cm³/mol. The van der Waals surface area contributed by atoms with Gasteiger partial charge in [0.1, 0.15) is 17.2 Å². The number of ether oxygens (including phenoxy) is 1. The number of esters is 1. The summed E-state index contributed by atoms with van der Waals surface area (Å²) in [7, 11) is 0. The first-order valence-electron chi connectivity index (χ1n) is 10.0. The summed E-state index contributed by atoms with van der Waals surface area (Å²) in [4.78, 5) is 25.6. The molecule has 0 radical (unpaired) electrons. The van der Waals surface area contributed by atoms with Crippen molar-refractivity contribution < 1.29 is 14.3 Å². The monoisotopic (exact) mass is 388 g/mol. The van der Waals surface area contributed by atoms with Crippen LogP contribution in [0.2, 0.25) is 0 Å². The first kappa shape index (κ1) is 19.9. The lowest BCUT2D eigenvalue weighted by atomic mass is 9.80. The highest BCUT2D eigenvalue weighted by molar-refractivity contribution is 7.16. The van der Waals surface area contributed by atoms with Gasteiger partial charge in [-0.25, -0.2) is 0 Å². The molecule has 5 nitrogen and oxygen atoms in total. The number of fused-ring (bicyclic) bond motifs is 1. The Balaban J connectivity index is 1.48. The summed E-state index contributed by atoms with van der Waals surface area (Å²) in [6.45, 7) is 4.44. The molecule has 1 amide bonds. The standard InChI is InChI=1S/C21H28N2O3S/c1-13-7-8-15(11-14(13)2)26-20(25)10-9-19(24)23-21-17(12-22)16-5-3-4-6-18(16)27-21/h13-15H,3-11H2,1-2H3,(H,23,24)/t13-,14+,15+/m1/s1. The van der Waals surface area contributed by atoms with Crippen molar-refractivity contribution in [2.24, 2.45) is 11.8 Å². The smallest absolute Gasteiger partial charge is 0.306 e. The van der Waals surface area contributed by atoms with Gasteiger partial charge in [0.15, 0.2) is 0 Å². The molecular formula is C21H28N2O3S. The minimum absolute atomic E-state index is 0.0130. The molecule has 0 bridgehead atoms. The van der Waals surface area contributed by atoms with Crippen LogP contribution in [-0.4, -0.2) is 18.0 Å². The molecule has 0 aromatic carbocycles. The van der Waals surface area contributed by atoms with Gasteiger partial charge in [0.05, 0.1) is 12.0 Å². The number of hydrogen-bond acceptors (Lipinski definition) is 5. The number of nitriles is 1. The summed E-state index contributed by atoms with van der Waals surface area (Å²) in [6, 6.07) is 2.24. The lowest BCUT2D eigenvalue weighted by molar-refractivity contribution is -0.152. The predicted octanol–water partition coefficient (Wildman–Crippen LogP) is 4.59. The Morgan fingerprint density at radius 3 is 2.70 bits per heavy atom. The Kier molecular flexibility index (Phi) is 6.54. The van der Waals surface area contributed by atoms with Gasteiger partial charge < -0.3 is 10.1 Å². The molecule has 1 aromatic heterocycles. The van der Waals surface area contributed by atoms with Crippen molar-refractivity contribution in [2.75, 3.05) is 5.32 Å². The second kappa shape index (κ2) is 8.88. The van der Waals surface area contributed by atoms with Gasteiger partial charge in [-0.1, -0.05) is 13.8 Å². The van der Waals surface area contributed by atoms with Crippen LogP contribution in [0.5, 0.6) is 0 Å². The second-order valence-corrected chi connectivity index (χ2v) is 9.06. The second-order valence-electron chi connectivity index (χ2n) is 7.95. The summed E-state index contributed by atoms with van der Waals surface area (Å²) in [5.74, 6) is 0.710. The van der Waals surface area contributed by atoms with Gasteiger partial charge in [-0.3, -0.25) is 9.59 Å². The van der Waals surface area contributed by atoms with Gasteiger partial charge in [0.25, 0.3) is 0 Å². The maximum atomic E-state index is 12.3. The number of rotatable bonds is 5. The van der Waals surface area contributed by atoms with Gasteiger partial charge in [-0.05, 0) is 62.3 Å². The fourth-order valence-electron chi connectivity index (χ4n) is 4.03. The molecule has 6 heteroatoms. The van der Waals surface area contributed by atoms with E-state index in [1.165, 1.54) is 16.2 Å². The average molecular weight is 389 g/mol. The Morgan fingerprint density at radius 2 is 1.96 bits per heavy atom. The fraction of sp³-hybridized carbons (Fsp3) is 0.667. The maximum Gasteiger partial charge on any atom is 0.306 e. The molecule has 0 unspecified atom stereocenters. The van der Waals surface area contributed by atoms with Crippen molar-refractivity contribution >= 4 is 28.2 Å². The van der Waals surface area contributed by atoms with Crippen LogP contribution < -0.4 is 5.32 Å². The number of carbonyl (C=O) groups excluding carboxylic acids is 2. The van der Waals surface area contributed by atoms with Gasteiger partial charge in [-0.2, -0.15) is 5.26 Å². The summed E-state index contributed by atoms with van der Waals surface area (Å²) in [6.07, 6.45) is 7.18.